The molecule has 0 aliphatic heterocycles. The van der Waals surface area contributed by atoms with E-state index in [9.17, 15) is 22.8 Å². The lowest BCUT2D eigenvalue weighted by Gasteiger charge is -2.08. The second-order valence-electron chi connectivity index (χ2n) is 6.05. The van der Waals surface area contributed by atoms with Gasteiger partial charge < -0.3 is 10.1 Å². The van der Waals surface area contributed by atoms with Crippen LogP contribution in [0.5, 0.6) is 0 Å². The first-order valence-corrected chi connectivity index (χ1v) is 8.50. The molecule has 0 atom stereocenters. The van der Waals surface area contributed by atoms with Crippen LogP contribution in [0.3, 0.4) is 0 Å². The number of halogens is 3. The molecule has 9 heteroatoms. The summed E-state index contributed by atoms with van der Waals surface area (Å²) in [4.78, 5) is 22.9. The fourth-order valence-electron chi connectivity index (χ4n) is 2.94. The van der Waals surface area contributed by atoms with Gasteiger partial charge in [-0.1, -0.05) is 12.5 Å². The summed E-state index contributed by atoms with van der Waals surface area (Å²) in [6.07, 6.45) is 1.86. The zero-order valence-corrected chi connectivity index (χ0v) is 14.6. The number of rotatable bonds is 6. The van der Waals surface area contributed by atoms with Crippen molar-refractivity contribution in [1.29, 1.82) is 0 Å². The van der Waals surface area contributed by atoms with Gasteiger partial charge in [0, 0.05) is 23.9 Å². The molecule has 0 saturated heterocycles. The molecule has 1 amide bonds. The highest BCUT2D eigenvalue weighted by Crippen LogP contribution is 2.35. The number of hydrogen-bond acceptors (Lipinski definition) is 4. The van der Waals surface area contributed by atoms with E-state index in [1.165, 1.54) is 17.9 Å². The van der Waals surface area contributed by atoms with Crippen molar-refractivity contribution in [3.8, 4) is 0 Å². The third kappa shape index (κ3) is 5.34. The molecule has 1 N–H and O–H groups in total. The van der Waals surface area contributed by atoms with E-state index in [2.05, 4.69) is 15.2 Å². The summed E-state index contributed by atoms with van der Waals surface area (Å²) >= 11 is 0. The number of fused-ring (bicyclic) bond motifs is 1. The lowest BCUT2D eigenvalue weighted by atomic mass is 10.1. The minimum atomic E-state index is -4.52. The normalized spacial score (nSPS) is 14.8. The van der Waals surface area contributed by atoms with Crippen LogP contribution in [-0.2, 0) is 39.9 Å². The van der Waals surface area contributed by atoms with Crippen molar-refractivity contribution in [2.45, 2.75) is 51.2 Å². The molecule has 1 aromatic heterocycles. The average molecular weight is 373 g/mol. The maximum Gasteiger partial charge on any atom is 0.435 e. The summed E-state index contributed by atoms with van der Waals surface area (Å²) in [6.45, 7) is 0.0149. The van der Waals surface area contributed by atoms with Gasteiger partial charge in [0.2, 0.25) is 5.91 Å². The zero-order chi connectivity index (χ0) is 19.2. The number of nitrogens with zero attached hydrogens (tertiary/aromatic N) is 2. The SMILES string of the molecule is COC(=O)/C=C/CCNC(=O)Cn1nc(C(F)(F)F)c2c1CCCCC2. The Kier molecular flexibility index (Phi) is 6.82. The summed E-state index contributed by atoms with van der Waals surface area (Å²) in [7, 11) is 1.26. The first-order chi connectivity index (χ1) is 12.3. The predicted molar refractivity (Wildman–Crippen MR) is 87.3 cm³/mol. The third-order valence-corrected chi connectivity index (χ3v) is 4.16. The number of carbonyl (C=O) groups is 2. The fourth-order valence-corrected chi connectivity index (χ4v) is 2.94. The number of carbonyl (C=O) groups excluding carboxylic acids is 2. The van der Waals surface area contributed by atoms with Crippen LogP contribution in [0.25, 0.3) is 0 Å². The van der Waals surface area contributed by atoms with Crippen molar-refractivity contribution >= 4 is 11.9 Å². The topological polar surface area (TPSA) is 73.2 Å². The van der Waals surface area contributed by atoms with Gasteiger partial charge in [0.25, 0.3) is 0 Å². The highest BCUT2D eigenvalue weighted by molar-refractivity contribution is 5.81. The molecule has 0 bridgehead atoms. The zero-order valence-electron chi connectivity index (χ0n) is 14.6. The molecule has 1 aliphatic carbocycles. The smallest absolute Gasteiger partial charge is 0.435 e. The van der Waals surface area contributed by atoms with E-state index in [0.29, 0.717) is 31.4 Å². The second kappa shape index (κ2) is 8.86. The minimum Gasteiger partial charge on any atom is -0.466 e. The number of aromatic nitrogens is 2. The molecule has 0 spiro atoms. The minimum absolute atomic E-state index is 0.226. The molecule has 144 valence electrons. The van der Waals surface area contributed by atoms with Crippen LogP contribution < -0.4 is 5.32 Å². The van der Waals surface area contributed by atoms with Gasteiger partial charge in [-0.3, -0.25) is 9.48 Å². The van der Waals surface area contributed by atoms with Gasteiger partial charge in [-0.25, -0.2) is 4.79 Å². The maximum absolute atomic E-state index is 13.2. The van der Waals surface area contributed by atoms with Crippen molar-refractivity contribution < 1.29 is 27.5 Å². The molecule has 0 unspecified atom stereocenters. The maximum atomic E-state index is 13.2. The molecule has 0 aromatic carbocycles. The largest absolute Gasteiger partial charge is 0.466 e. The van der Waals surface area contributed by atoms with E-state index in [4.69, 9.17) is 0 Å². The lowest BCUT2D eigenvalue weighted by Crippen LogP contribution is -2.29. The van der Waals surface area contributed by atoms with E-state index in [1.54, 1.807) is 6.08 Å². The molecule has 1 aliphatic rings. The summed E-state index contributed by atoms with van der Waals surface area (Å²) in [6, 6.07) is 0. The Balaban J connectivity index is 2.00. The van der Waals surface area contributed by atoms with E-state index >= 15 is 0 Å². The van der Waals surface area contributed by atoms with Crippen LogP contribution >= 0.6 is 0 Å². The quantitative estimate of drug-likeness (QED) is 0.360. The molecule has 0 saturated carbocycles. The highest BCUT2D eigenvalue weighted by atomic mass is 19.4. The fraction of sp³-hybridized carbons (Fsp3) is 0.588. The summed E-state index contributed by atoms with van der Waals surface area (Å²) in [5, 5.41) is 6.29. The Hall–Kier alpha value is -2.32. The summed E-state index contributed by atoms with van der Waals surface area (Å²) < 4.78 is 45.3. The monoisotopic (exact) mass is 373 g/mol. The molecule has 1 heterocycles. The average Bonchev–Trinajstić information content (AvgIpc) is 2.77. The molecular weight excluding hydrogens is 351 g/mol. The molecule has 1 aromatic rings. The van der Waals surface area contributed by atoms with Crippen LogP contribution in [0, 0.1) is 0 Å². The van der Waals surface area contributed by atoms with Gasteiger partial charge in [0.1, 0.15) is 6.54 Å². The number of esters is 1. The van der Waals surface area contributed by atoms with E-state index in [0.717, 1.165) is 12.8 Å². The summed E-state index contributed by atoms with van der Waals surface area (Å²) in [5.74, 6) is -0.907. The Labute approximate surface area is 149 Å². The molecule has 0 radical (unpaired) electrons. The van der Waals surface area contributed by atoms with Crippen molar-refractivity contribution in [1.82, 2.24) is 15.1 Å². The second-order valence-corrected chi connectivity index (χ2v) is 6.05. The van der Waals surface area contributed by atoms with Crippen molar-refractivity contribution in [3.05, 3.63) is 29.1 Å². The number of nitrogens with one attached hydrogen (secondary N) is 1. The molecule has 6 nitrogen and oxygen atoms in total. The van der Waals surface area contributed by atoms with Crippen molar-refractivity contribution in [3.63, 3.8) is 0 Å². The third-order valence-electron chi connectivity index (χ3n) is 4.16. The Morgan fingerprint density at radius 2 is 2.00 bits per heavy atom. The van der Waals surface area contributed by atoms with Crippen LogP contribution in [0.4, 0.5) is 13.2 Å². The number of amides is 1. The standard InChI is InChI=1S/C17H22F3N3O3/c1-26-15(25)9-5-6-10-21-14(24)11-23-13-8-4-2-3-7-12(13)16(22-23)17(18,19)20/h5,9H,2-4,6-8,10-11H2,1H3,(H,21,24)/b9-5+. The van der Waals surface area contributed by atoms with Gasteiger partial charge >= 0.3 is 12.1 Å². The van der Waals surface area contributed by atoms with Gasteiger partial charge in [0.05, 0.1) is 7.11 Å². The van der Waals surface area contributed by atoms with Crippen LogP contribution in [-0.4, -0.2) is 35.3 Å². The predicted octanol–water partition coefficient (Wildman–Crippen LogP) is 2.41. The van der Waals surface area contributed by atoms with Gasteiger partial charge in [0.15, 0.2) is 5.69 Å². The lowest BCUT2D eigenvalue weighted by molar-refractivity contribution is -0.142. The van der Waals surface area contributed by atoms with Gasteiger partial charge in [-0.05, 0) is 32.1 Å². The molecule has 0 fully saturated rings. The Morgan fingerprint density at radius 3 is 2.69 bits per heavy atom. The first kappa shape index (κ1) is 20.0. The van der Waals surface area contributed by atoms with Crippen molar-refractivity contribution in [2.24, 2.45) is 0 Å². The molecular formula is C17H22F3N3O3. The van der Waals surface area contributed by atoms with Gasteiger partial charge in [-0.2, -0.15) is 18.3 Å². The molecule has 2 rings (SSSR count). The van der Waals surface area contributed by atoms with Crippen molar-refractivity contribution in [2.75, 3.05) is 13.7 Å². The highest BCUT2D eigenvalue weighted by Gasteiger charge is 2.39. The Bertz CT molecular complexity index is 681. The number of hydrogen-bond donors (Lipinski definition) is 1. The van der Waals surface area contributed by atoms with E-state index < -0.39 is 23.7 Å². The van der Waals surface area contributed by atoms with Crippen LogP contribution in [0.1, 0.15) is 42.6 Å². The van der Waals surface area contributed by atoms with Crippen LogP contribution in [0.15, 0.2) is 12.2 Å². The summed E-state index contributed by atoms with van der Waals surface area (Å²) in [5.41, 5.74) is -0.136. The van der Waals surface area contributed by atoms with Gasteiger partial charge in [-0.15, -0.1) is 0 Å². The Morgan fingerprint density at radius 1 is 1.27 bits per heavy atom. The number of methoxy groups -OCH3 is 1. The van der Waals surface area contributed by atoms with E-state index in [1.807, 2.05) is 0 Å². The number of ether oxygens (including phenoxy) is 1. The molecule has 26 heavy (non-hydrogen) atoms. The van der Waals surface area contributed by atoms with Crippen LogP contribution in [0.2, 0.25) is 0 Å². The van der Waals surface area contributed by atoms with E-state index in [-0.39, 0.29) is 18.7 Å². The first-order valence-electron chi connectivity index (χ1n) is 8.50. The number of alkyl halides is 3.